The molecule has 0 radical (unpaired) electrons. The van der Waals surface area contributed by atoms with Crippen LogP contribution in [0.3, 0.4) is 0 Å². The summed E-state index contributed by atoms with van der Waals surface area (Å²) >= 11 is 5.97. The van der Waals surface area contributed by atoms with Gasteiger partial charge in [-0.05, 0) is 59.5 Å². The molecule has 1 unspecified atom stereocenters. The van der Waals surface area contributed by atoms with Crippen molar-refractivity contribution in [1.82, 2.24) is 10.3 Å². The number of hydrogen-bond donors (Lipinski definition) is 2. The maximum Gasteiger partial charge on any atom is 0.324 e. The largest absolute Gasteiger partial charge is 0.480 e. The number of halogens is 1. The molecular formula is C28H23ClN2O4S. The normalized spacial score (nSPS) is 20.0. The lowest BCUT2D eigenvalue weighted by Gasteiger charge is -2.24. The summed E-state index contributed by atoms with van der Waals surface area (Å²) < 4.78 is 27.8. The summed E-state index contributed by atoms with van der Waals surface area (Å²) in [5.41, 5.74) is 1.40. The molecule has 36 heavy (non-hydrogen) atoms. The highest BCUT2D eigenvalue weighted by Gasteiger charge is 2.63. The quantitative estimate of drug-likeness (QED) is 0.321. The van der Waals surface area contributed by atoms with Gasteiger partial charge in [0.2, 0.25) is 0 Å². The first-order valence-corrected chi connectivity index (χ1v) is 13.3. The zero-order valence-electron chi connectivity index (χ0n) is 19.1. The monoisotopic (exact) mass is 518 g/mol. The predicted molar refractivity (Wildman–Crippen MR) is 138 cm³/mol. The van der Waals surface area contributed by atoms with Crippen LogP contribution in [-0.4, -0.2) is 30.0 Å². The molecule has 0 bridgehead atoms. The lowest BCUT2D eigenvalue weighted by Crippen LogP contribution is -2.45. The lowest BCUT2D eigenvalue weighted by molar-refractivity contribution is -0.141. The zero-order valence-corrected chi connectivity index (χ0v) is 20.7. The van der Waals surface area contributed by atoms with Crippen molar-refractivity contribution in [3.05, 3.63) is 120 Å². The SMILES string of the molecule is O=C(O)[C@@]1(NC(c2ccccn2)S(=O)(=O)c2ccc(-c3ccc(Cl)cc3)cc2)C[C@H]1c1ccccc1. The van der Waals surface area contributed by atoms with Gasteiger partial charge in [0.05, 0.1) is 10.6 Å². The smallest absolute Gasteiger partial charge is 0.324 e. The van der Waals surface area contributed by atoms with E-state index in [9.17, 15) is 18.3 Å². The molecule has 3 atom stereocenters. The van der Waals surface area contributed by atoms with Crippen LogP contribution in [0.1, 0.15) is 29.0 Å². The molecule has 0 amide bonds. The second-order valence-electron chi connectivity index (χ2n) is 8.80. The van der Waals surface area contributed by atoms with Crippen molar-refractivity contribution < 1.29 is 18.3 Å². The van der Waals surface area contributed by atoms with E-state index in [1.807, 2.05) is 42.5 Å². The number of nitrogens with one attached hydrogen (secondary N) is 1. The van der Waals surface area contributed by atoms with Gasteiger partial charge in [0.1, 0.15) is 5.54 Å². The number of carbonyl (C=O) groups is 1. The van der Waals surface area contributed by atoms with Crippen LogP contribution >= 0.6 is 11.6 Å². The predicted octanol–water partition coefficient (Wildman–Crippen LogP) is 5.48. The van der Waals surface area contributed by atoms with Gasteiger partial charge < -0.3 is 5.11 Å². The Labute approximate surface area is 214 Å². The van der Waals surface area contributed by atoms with E-state index in [-0.39, 0.29) is 22.9 Å². The van der Waals surface area contributed by atoms with Crippen LogP contribution in [-0.2, 0) is 14.6 Å². The van der Waals surface area contributed by atoms with E-state index in [0.717, 1.165) is 16.7 Å². The molecule has 1 aliphatic carbocycles. The second kappa shape index (κ2) is 9.50. The fourth-order valence-electron chi connectivity index (χ4n) is 4.50. The van der Waals surface area contributed by atoms with Gasteiger partial charge in [-0.1, -0.05) is 72.3 Å². The summed E-state index contributed by atoms with van der Waals surface area (Å²) in [5.74, 6) is -1.45. The molecule has 182 valence electrons. The van der Waals surface area contributed by atoms with Crippen molar-refractivity contribution in [3.8, 4) is 11.1 Å². The van der Waals surface area contributed by atoms with Crippen molar-refractivity contribution in [2.24, 2.45) is 0 Å². The number of sulfone groups is 1. The van der Waals surface area contributed by atoms with E-state index >= 15 is 0 Å². The van der Waals surface area contributed by atoms with Crippen LogP contribution in [0, 0.1) is 0 Å². The van der Waals surface area contributed by atoms with Gasteiger partial charge in [0.25, 0.3) is 0 Å². The molecule has 0 aliphatic heterocycles. The number of rotatable bonds is 8. The minimum Gasteiger partial charge on any atom is -0.480 e. The molecular weight excluding hydrogens is 496 g/mol. The molecule has 3 aromatic carbocycles. The highest BCUT2D eigenvalue weighted by Crippen LogP contribution is 2.53. The second-order valence-corrected chi connectivity index (χ2v) is 11.3. The minimum absolute atomic E-state index is 0.0702. The maximum atomic E-state index is 13.9. The van der Waals surface area contributed by atoms with Crippen molar-refractivity contribution in [2.75, 3.05) is 0 Å². The van der Waals surface area contributed by atoms with E-state index < -0.39 is 26.7 Å². The van der Waals surface area contributed by atoms with Crippen LogP contribution in [0.15, 0.2) is 108 Å². The van der Waals surface area contributed by atoms with E-state index in [4.69, 9.17) is 11.6 Å². The molecule has 4 aromatic rings. The molecule has 1 heterocycles. The van der Waals surface area contributed by atoms with Crippen molar-refractivity contribution in [3.63, 3.8) is 0 Å². The fraction of sp³-hybridized carbons (Fsp3) is 0.143. The number of benzene rings is 3. The molecule has 5 rings (SSSR count). The minimum atomic E-state index is -4.05. The van der Waals surface area contributed by atoms with Gasteiger partial charge in [-0.25, -0.2) is 8.42 Å². The van der Waals surface area contributed by atoms with Crippen molar-refractivity contribution in [1.29, 1.82) is 0 Å². The average Bonchev–Trinajstić information content (AvgIpc) is 3.65. The van der Waals surface area contributed by atoms with Crippen molar-refractivity contribution in [2.45, 2.75) is 28.1 Å². The summed E-state index contributed by atoms with van der Waals surface area (Å²) in [6.45, 7) is 0. The zero-order chi connectivity index (χ0) is 25.3. The molecule has 1 fully saturated rings. The van der Waals surface area contributed by atoms with Gasteiger partial charge in [-0.2, -0.15) is 0 Å². The topological polar surface area (TPSA) is 96.4 Å². The molecule has 8 heteroatoms. The number of carboxylic acid groups (broad SMARTS) is 1. The molecule has 0 spiro atoms. The molecule has 2 N–H and O–H groups in total. The highest BCUT2D eigenvalue weighted by atomic mass is 35.5. The first kappa shape index (κ1) is 24.2. The van der Waals surface area contributed by atoms with Crippen LogP contribution in [0.5, 0.6) is 0 Å². The number of aliphatic carboxylic acids is 1. The van der Waals surface area contributed by atoms with Gasteiger partial charge in [-0.3, -0.25) is 15.1 Å². The maximum absolute atomic E-state index is 13.9. The number of carboxylic acids is 1. The van der Waals surface area contributed by atoms with Gasteiger partial charge >= 0.3 is 5.97 Å². The third-order valence-corrected chi connectivity index (χ3v) is 8.72. The van der Waals surface area contributed by atoms with Crippen LogP contribution < -0.4 is 5.32 Å². The van der Waals surface area contributed by atoms with Gasteiger partial charge in [-0.15, -0.1) is 0 Å². The van der Waals surface area contributed by atoms with E-state index in [1.165, 1.54) is 18.3 Å². The summed E-state index contributed by atoms with van der Waals surface area (Å²) in [4.78, 5) is 16.8. The Morgan fingerprint density at radius 1 is 0.917 bits per heavy atom. The standard InChI is InChI=1S/C28H23ClN2O4S/c29-22-13-9-19(10-14-22)20-11-15-23(16-12-20)36(34,35)26(25-8-4-5-17-30-25)31-28(27(32)33)18-24(28)21-6-2-1-3-7-21/h1-17,24,26,31H,18H2,(H,32,33)/t24-,26?,28+/m0/s1. The number of hydrogen-bond acceptors (Lipinski definition) is 5. The number of pyridine rings is 1. The highest BCUT2D eigenvalue weighted by molar-refractivity contribution is 7.91. The Kier molecular flexibility index (Phi) is 6.38. The Morgan fingerprint density at radius 2 is 1.53 bits per heavy atom. The fourth-order valence-corrected chi connectivity index (χ4v) is 6.24. The Morgan fingerprint density at radius 3 is 2.11 bits per heavy atom. The number of aromatic nitrogens is 1. The third-order valence-electron chi connectivity index (χ3n) is 6.56. The van der Waals surface area contributed by atoms with E-state index in [1.54, 1.807) is 42.5 Å². The molecule has 6 nitrogen and oxygen atoms in total. The number of nitrogens with zero attached hydrogens (tertiary/aromatic N) is 1. The summed E-state index contributed by atoms with van der Waals surface area (Å²) in [6, 6.07) is 28.0. The molecule has 1 aromatic heterocycles. The van der Waals surface area contributed by atoms with Crippen LogP contribution in [0.2, 0.25) is 5.02 Å². The van der Waals surface area contributed by atoms with Gasteiger partial charge in [0.15, 0.2) is 15.2 Å². The molecule has 1 aliphatic rings. The van der Waals surface area contributed by atoms with E-state index in [2.05, 4.69) is 10.3 Å². The van der Waals surface area contributed by atoms with Crippen LogP contribution in [0.4, 0.5) is 0 Å². The summed E-state index contributed by atoms with van der Waals surface area (Å²) in [7, 11) is -4.05. The third kappa shape index (κ3) is 4.53. The van der Waals surface area contributed by atoms with E-state index in [0.29, 0.717) is 5.02 Å². The molecule has 1 saturated carbocycles. The average molecular weight is 519 g/mol. The van der Waals surface area contributed by atoms with Gasteiger partial charge in [0, 0.05) is 17.1 Å². The summed E-state index contributed by atoms with van der Waals surface area (Å²) in [5, 5.41) is 12.4. The Balaban J connectivity index is 1.51. The first-order valence-electron chi connectivity index (χ1n) is 11.4. The van der Waals surface area contributed by atoms with Crippen LogP contribution in [0.25, 0.3) is 11.1 Å². The molecule has 0 saturated heterocycles. The summed E-state index contributed by atoms with van der Waals surface area (Å²) in [6.07, 6.45) is 1.78. The Bertz CT molecular complexity index is 1480. The lowest BCUT2D eigenvalue weighted by atomic mass is 10.1. The first-order chi connectivity index (χ1) is 17.3. The Hall–Kier alpha value is -3.52. The van der Waals surface area contributed by atoms with Crippen molar-refractivity contribution >= 4 is 27.4 Å².